The van der Waals surface area contributed by atoms with Gasteiger partial charge in [0.25, 0.3) is 0 Å². The topological polar surface area (TPSA) is 351 Å². The number of halogens is 1. The number of thioether (sulfide) groups is 1. The number of rotatable bonds is 18. The fourth-order valence-corrected chi connectivity index (χ4v) is 14.2. The molecule has 5 saturated heterocycles. The number of ether oxygens (including phenoxy) is 7. The first-order valence-corrected chi connectivity index (χ1v) is 31.8. The fraction of sp³-hybridized carbons (Fsp3) is 0.948. The Hall–Kier alpha value is -1.63. The number of aliphatic hydroxyl groups excluding tert-OH is 6. The van der Waals surface area contributed by atoms with Crippen LogP contribution >= 0.6 is 23.4 Å². The summed E-state index contributed by atoms with van der Waals surface area (Å²) in [5.74, 6) is -4.68. The van der Waals surface area contributed by atoms with E-state index < -0.39 is 149 Å². The van der Waals surface area contributed by atoms with E-state index in [4.69, 9.17) is 55.6 Å². The third-order valence-corrected chi connectivity index (χ3v) is 19.6. The summed E-state index contributed by atoms with van der Waals surface area (Å²) in [4.78, 5) is 40.3. The smallest absolute Gasteiger partial charge is 0.311 e. The van der Waals surface area contributed by atoms with Crippen LogP contribution in [0.4, 0.5) is 0 Å². The molecule has 28 atom stereocenters. The van der Waals surface area contributed by atoms with Gasteiger partial charge in [-0.05, 0) is 98.2 Å². The van der Waals surface area contributed by atoms with Gasteiger partial charge in [0.05, 0.1) is 71.4 Å². The van der Waals surface area contributed by atoms with Crippen molar-refractivity contribution in [2.45, 2.75) is 260 Å². The van der Waals surface area contributed by atoms with Crippen molar-refractivity contribution in [1.82, 2.24) is 15.5 Å². The molecule has 5 rings (SSSR count). The standard InChI is InChI=1S/C38H72N2O12.C20H35ClN2O7S/c1-13-26-38(11,46)31(42)22(5)28(40-15-14-39)20(3)17-36(9,45)33(52-35-29(41)19(2)16-21(4)48-35)23(6)30(24(7)34(44)50-26)51-27-18-37(10,47-12)32(43)25(8)49-27;1-4-11-7-12(9-23(8-11)6-5-13(24)25)19(29)22-14(10(2)21)18-16(27)15(26)17(28)20(30-18)31-3/h19-33,35,40-43,45-46H,13-18,39H2,1-12H3;10-12,14-18,20,26-28H,4-9H2,1-3H3,(H,22,29)(H,24,25)/t19?,20-,21?,22+,23+,24-,25?,26-,27?,28+,29?,30+,31-,32?,33-,35?,36-,37?,38-;10?,11?,12?,14?,15-,16-,17?,18?,20-/m11/s1. The summed E-state index contributed by atoms with van der Waals surface area (Å²) in [6, 6.07) is -1.23. The van der Waals surface area contributed by atoms with Crippen molar-refractivity contribution >= 4 is 41.2 Å². The number of carboxylic acid groups (broad SMARTS) is 1. The van der Waals surface area contributed by atoms with Crippen LogP contribution in [0.1, 0.15) is 135 Å². The van der Waals surface area contributed by atoms with Crippen molar-refractivity contribution in [1.29, 1.82) is 0 Å². The van der Waals surface area contributed by atoms with Crippen molar-refractivity contribution in [3.05, 3.63) is 0 Å². The summed E-state index contributed by atoms with van der Waals surface area (Å²) in [6.45, 7) is 25.5. The number of carbonyl (C=O) groups excluding carboxylic acids is 2. The zero-order chi connectivity index (χ0) is 62.8. The minimum atomic E-state index is -1.84. The predicted molar refractivity (Wildman–Crippen MR) is 312 cm³/mol. The maximum atomic E-state index is 14.2. The summed E-state index contributed by atoms with van der Waals surface area (Å²) < 4.78 is 43.2. The van der Waals surface area contributed by atoms with Crippen LogP contribution in [0, 0.1) is 41.4 Å². The Bertz CT molecular complexity index is 2000. The molecule has 1 amide bonds. The summed E-state index contributed by atoms with van der Waals surface area (Å²) in [6.07, 6.45) is -10.0. The molecule has 0 aromatic heterocycles. The SMILES string of the molecule is CCC1CC(C(=O)NC(C(C)Cl)C2O[C@H](SC)C(O)[C@H](O)[C@H]2O)CN(CCC(=O)O)C1.CC[C@H]1OC(=O)[C@H](C)[C@@H](OC2CC(C)(OC)C(O)C(C)O2)[C@H](C)[C@@H](OC2OC(C)CC(C)C2O)[C@](C)(O)C[C@@H](C)[C@H](NCCN)[C@H](C)[C@@H](O)[C@]1(C)O. The normalized spacial score (nSPS) is 45.2. The van der Waals surface area contributed by atoms with E-state index in [2.05, 4.69) is 10.6 Å². The van der Waals surface area contributed by atoms with Crippen LogP contribution in [0.15, 0.2) is 0 Å². The quantitative estimate of drug-likeness (QED) is 0.0689. The number of carboxylic acids is 1. The molecular weight excluding hydrogens is 1120 g/mol. The highest BCUT2D eigenvalue weighted by Crippen LogP contribution is 2.42. The van der Waals surface area contributed by atoms with Gasteiger partial charge in [-0.25, -0.2) is 0 Å². The van der Waals surface area contributed by atoms with Crippen LogP contribution < -0.4 is 16.4 Å². The number of cyclic esters (lactones) is 1. The van der Waals surface area contributed by atoms with Crippen LogP contribution in [0.2, 0.25) is 0 Å². The molecule has 0 saturated carbocycles. The number of likely N-dealkylation sites (tertiary alicyclic amines) is 1. The Morgan fingerprint density at radius 3 is 2.07 bits per heavy atom. The molecule has 0 bridgehead atoms. The number of nitrogens with two attached hydrogens (primary N) is 1. The number of carbonyl (C=O) groups is 3. The highest BCUT2D eigenvalue weighted by molar-refractivity contribution is 7.99. The number of esters is 1. The molecule has 0 radical (unpaired) electrons. The van der Waals surface area contributed by atoms with Gasteiger partial charge in [-0.1, -0.05) is 48.0 Å². The highest BCUT2D eigenvalue weighted by atomic mass is 35.5. The van der Waals surface area contributed by atoms with Crippen LogP contribution in [-0.4, -0.2) is 240 Å². The zero-order valence-electron chi connectivity index (χ0n) is 51.8. The molecule has 14 unspecified atom stereocenters. The number of alkyl halides is 1. The first-order valence-electron chi connectivity index (χ1n) is 30.0. The van der Waals surface area contributed by atoms with Crippen LogP contribution in [0.5, 0.6) is 0 Å². The average Bonchev–Trinajstić information content (AvgIpc) is 3.64. The van der Waals surface area contributed by atoms with Crippen molar-refractivity contribution in [3.63, 3.8) is 0 Å². The molecule has 5 aliphatic heterocycles. The molecule has 83 heavy (non-hydrogen) atoms. The van der Waals surface area contributed by atoms with E-state index in [0.29, 0.717) is 39.0 Å². The highest BCUT2D eigenvalue weighted by Gasteiger charge is 2.54. The number of piperidine rings is 1. The van der Waals surface area contributed by atoms with Crippen molar-refractivity contribution < 1.29 is 93.5 Å². The number of methoxy groups -OCH3 is 1. The number of nitrogens with one attached hydrogen (secondary N) is 2. The van der Waals surface area contributed by atoms with E-state index in [0.717, 1.165) is 13.0 Å². The predicted octanol–water partition coefficient (Wildman–Crippen LogP) is 1.93. The van der Waals surface area contributed by atoms with E-state index in [1.807, 2.05) is 46.4 Å². The average molecular weight is 1230 g/mol. The van der Waals surface area contributed by atoms with Gasteiger partial charge in [-0.3, -0.25) is 14.4 Å². The zero-order valence-corrected chi connectivity index (χ0v) is 53.4. The molecule has 0 spiro atoms. The first kappa shape index (κ1) is 73.8. The Morgan fingerprint density at radius 1 is 0.855 bits per heavy atom. The Labute approximate surface area is 502 Å². The Kier molecular flexibility index (Phi) is 28.7. The largest absolute Gasteiger partial charge is 0.481 e. The number of hydrogen-bond acceptors (Lipinski definition) is 22. The number of aliphatic carboxylic acids is 1. The lowest BCUT2D eigenvalue weighted by Gasteiger charge is -2.49. The third-order valence-electron chi connectivity index (χ3n) is 18.5. The van der Waals surface area contributed by atoms with Gasteiger partial charge in [0, 0.05) is 64.1 Å². The minimum Gasteiger partial charge on any atom is -0.481 e. The maximum absolute atomic E-state index is 14.2. The molecule has 5 heterocycles. The molecule has 0 aliphatic carbocycles. The van der Waals surface area contributed by atoms with Crippen LogP contribution in [0.3, 0.4) is 0 Å². The van der Waals surface area contributed by atoms with E-state index in [9.17, 15) is 55.2 Å². The third kappa shape index (κ3) is 18.7. The van der Waals surface area contributed by atoms with E-state index in [1.54, 1.807) is 47.8 Å². The van der Waals surface area contributed by atoms with E-state index >= 15 is 0 Å². The Morgan fingerprint density at radius 2 is 1.51 bits per heavy atom. The summed E-state index contributed by atoms with van der Waals surface area (Å²) >= 11 is 7.53. The van der Waals surface area contributed by atoms with Crippen LogP contribution in [0.25, 0.3) is 0 Å². The van der Waals surface area contributed by atoms with Gasteiger partial charge < -0.3 is 100 Å². The van der Waals surface area contributed by atoms with Gasteiger partial charge >= 0.3 is 11.9 Å². The van der Waals surface area contributed by atoms with E-state index in [1.165, 1.54) is 25.8 Å². The molecule has 13 N–H and O–H groups in total. The maximum Gasteiger partial charge on any atom is 0.311 e. The van der Waals surface area contributed by atoms with Gasteiger partial charge in [0.15, 0.2) is 12.6 Å². The van der Waals surface area contributed by atoms with Crippen molar-refractivity contribution in [3.8, 4) is 0 Å². The number of nitrogens with zero attached hydrogens (tertiary/aromatic N) is 1. The molecule has 25 heteroatoms. The molecule has 5 fully saturated rings. The van der Waals surface area contributed by atoms with Crippen molar-refractivity contribution in [2.75, 3.05) is 46.1 Å². The first-order chi connectivity index (χ1) is 38.6. The lowest BCUT2D eigenvalue weighted by Crippen LogP contribution is -2.65. The summed E-state index contributed by atoms with van der Waals surface area (Å²) in [7, 11) is 1.50. The van der Waals surface area contributed by atoms with Gasteiger partial charge in [0.1, 0.15) is 53.8 Å². The second-order valence-electron chi connectivity index (χ2n) is 25.4. The lowest BCUT2D eigenvalue weighted by molar-refractivity contribution is -0.318. The number of hydrogen-bond donors (Lipinski definition) is 12. The molecule has 486 valence electrons. The van der Waals surface area contributed by atoms with E-state index in [-0.39, 0.29) is 61.4 Å². The number of amides is 1. The van der Waals surface area contributed by atoms with Gasteiger partial charge in [-0.2, -0.15) is 0 Å². The molecule has 0 aromatic rings. The van der Waals surface area contributed by atoms with Crippen molar-refractivity contribution in [2.24, 2.45) is 47.2 Å². The molecule has 5 aliphatic rings. The summed E-state index contributed by atoms with van der Waals surface area (Å²) in [5, 5.41) is 104. The lowest BCUT2D eigenvalue weighted by atomic mass is 9.72. The van der Waals surface area contributed by atoms with Gasteiger partial charge in [-0.15, -0.1) is 23.4 Å². The molecule has 0 aromatic carbocycles. The fourth-order valence-electron chi connectivity index (χ4n) is 13.3. The van der Waals surface area contributed by atoms with Gasteiger partial charge in [0.2, 0.25) is 5.91 Å². The summed E-state index contributed by atoms with van der Waals surface area (Å²) in [5.41, 5.74) is 0.639. The monoisotopic (exact) mass is 1230 g/mol. The molecular formula is C58H107ClN4O19S. The van der Waals surface area contributed by atoms with Crippen LogP contribution in [-0.2, 0) is 47.5 Å². The Balaban J connectivity index is 0.000000405. The second-order valence-corrected chi connectivity index (χ2v) is 27.1. The molecule has 23 nitrogen and oxygen atoms in total. The second kappa shape index (κ2) is 32.2. The minimum absolute atomic E-state index is 0.0184. The number of aliphatic hydroxyl groups is 8.